The SMILES string of the molecule is CC(=O)N(Cc1cc(O)ccc1OCCF)c1cc(F)ccc1Oc1ccccc1. The third-order valence-corrected chi connectivity index (χ3v) is 4.27. The van der Waals surface area contributed by atoms with Gasteiger partial charge in [0.2, 0.25) is 5.91 Å². The third kappa shape index (κ3) is 5.26. The quantitative estimate of drug-likeness (QED) is 0.550. The van der Waals surface area contributed by atoms with Crippen LogP contribution in [0.4, 0.5) is 14.5 Å². The van der Waals surface area contributed by atoms with Crippen LogP contribution < -0.4 is 14.4 Å². The zero-order valence-corrected chi connectivity index (χ0v) is 16.3. The lowest BCUT2D eigenvalue weighted by atomic mass is 10.1. The summed E-state index contributed by atoms with van der Waals surface area (Å²) in [6.45, 7) is 0.442. The van der Waals surface area contributed by atoms with Gasteiger partial charge in [0.1, 0.15) is 36.3 Å². The molecule has 0 fully saturated rings. The van der Waals surface area contributed by atoms with Gasteiger partial charge in [0.25, 0.3) is 0 Å². The van der Waals surface area contributed by atoms with E-state index in [-0.39, 0.29) is 36.2 Å². The van der Waals surface area contributed by atoms with E-state index in [2.05, 4.69) is 0 Å². The van der Waals surface area contributed by atoms with Crippen molar-refractivity contribution in [3.05, 3.63) is 78.1 Å². The molecule has 0 aliphatic carbocycles. The predicted molar refractivity (Wildman–Crippen MR) is 109 cm³/mol. The number of amides is 1. The molecule has 3 rings (SSSR count). The highest BCUT2D eigenvalue weighted by molar-refractivity contribution is 5.93. The highest BCUT2D eigenvalue weighted by atomic mass is 19.1. The van der Waals surface area contributed by atoms with Crippen LogP contribution in [-0.2, 0) is 11.3 Å². The molecule has 3 aromatic carbocycles. The minimum absolute atomic E-state index is 0.0406. The Morgan fingerprint density at radius 1 is 1.03 bits per heavy atom. The first-order valence-corrected chi connectivity index (χ1v) is 9.29. The Morgan fingerprint density at radius 3 is 2.47 bits per heavy atom. The number of benzene rings is 3. The number of carbonyl (C=O) groups excluding carboxylic acids is 1. The third-order valence-electron chi connectivity index (χ3n) is 4.27. The highest BCUT2D eigenvalue weighted by Gasteiger charge is 2.20. The normalized spacial score (nSPS) is 10.5. The number of halogens is 2. The van der Waals surface area contributed by atoms with Crippen molar-refractivity contribution in [2.45, 2.75) is 13.5 Å². The summed E-state index contributed by atoms with van der Waals surface area (Å²) in [6.07, 6.45) is 0. The van der Waals surface area contributed by atoms with Crippen LogP contribution in [0.1, 0.15) is 12.5 Å². The Bertz CT molecular complexity index is 1010. The second-order valence-corrected chi connectivity index (χ2v) is 6.46. The van der Waals surface area contributed by atoms with E-state index in [0.29, 0.717) is 17.1 Å². The van der Waals surface area contributed by atoms with Crippen molar-refractivity contribution >= 4 is 11.6 Å². The molecular weight excluding hydrogens is 392 g/mol. The maximum absolute atomic E-state index is 14.1. The molecule has 30 heavy (non-hydrogen) atoms. The van der Waals surface area contributed by atoms with Crippen LogP contribution in [0.15, 0.2) is 66.7 Å². The van der Waals surface area contributed by atoms with Gasteiger partial charge in [0, 0.05) is 18.6 Å². The van der Waals surface area contributed by atoms with Gasteiger partial charge in [-0.25, -0.2) is 8.78 Å². The van der Waals surface area contributed by atoms with Crippen LogP contribution in [0, 0.1) is 5.82 Å². The van der Waals surface area contributed by atoms with Gasteiger partial charge < -0.3 is 19.5 Å². The Kier molecular flexibility index (Phi) is 6.85. The maximum Gasteiger partial charge on any atom is 0.224 e. The molecule has 3 aromatic rings. The van der Waals surface area contributed by atoms with E-state index in [1.54, 1.807) is 24.3 Å². The van der Waals surface area contributed by atoms with Crippen LogP contribution in [-0.4, -0.2) is 24.3 Å². The lowest BCUT2D eigenvalue weighted by molar-refractivity contribution is -0.116. The zero-order chi connectivity index (χ0) is 21.5. The number of phenolic OH excluding ortho intramolecular Hbond substituents is 1. The van der Waals surface area contributed by atoms with Gasteiger partial charge in [0.15, 0.2) is 5.75 Å². The second-order valence-electron chi connectivity index (χ2n) is 6.46. The maximum atomic E-state index is 14.1. The van der Waals surface area contributed by atoms with Crippen molar-refractivity contribution in [1.29, 1.82) is 0 Å². The van der Waals surface area contributed by atoms with E-state index in [1.165, 1.54) is 48.2 Å². The fraction of sp³-hybridized carbons (Fsp3) is 0.174. The predicted octanol–water partition coefficient (Wildman–Crippen LogP) is 5.23. The average molecular weight is 413 g/mol. The number of anilines is 1. The van der Waals surface area contributed by atoms with Gasteiger partial charge in [0.05, 0.1) is 12.2 Å². The first-order valence-electron chi connectivity index (χ1n) is 9.29. The number of alkyl halides is 1. The minimum Gasteiger partial charge on any atom is -0.508 e. The topological polar surface area (TPSA) is 59.0 Å². The molecule has 1 N–H and O–H groups in total. The van der Waals surface area contributed by atoms with E-state index in [9.17, 15) is 18.7 Å². The molecule has 0 saturated heterocycles. The smallest absolute Gasteiger partial charge is 0.224 e. The number of phenols is 1. The minimum atomic E-state index is -0.685. The number of hydrogen-bond donors (Lipinski definition) is 1. The van der Waals surface area contributed by atoms with Gasteiger partial charge in [-0.2, -0.15) is 0 Å². The lowest BCUT2D eigenvalue weighted by Gasteiger charge is -2.25. The van der Waals surface area contributed by atoms with Crippen molar-refractivity contribution in [2.75, 3.05) is 18.2 Å². The van der Waals surface area contributed by atoms with Gasteiger partial charge in [-0.1, -0.05) is 18.2 Å². The highest BCUT2D eigenvalue weighted by Crippen LogP contribution is 2.35. The molecule has 0 unspecified atom stereocenters. The number of ether oxygens (including phenoxy) is 2. The first-order chi connectivity index (χ1) is 14.5. The van der Waals surface area contributed by atoms with Gasteiger partial charge >= 0.3 is 0 Å². The molecule has 7 heteroatoms. The lowest BCUT2D eigenvalue weighted by Crippen LogP contribution is -2.28. The standard InChI is InChI=1S/C23H21F2NO4/c1-16(27)26(15-17-13-19(28)8-10-22(17)29-12-11-24)21-14-18(25)7-9-23(21)30-20-5-3-2-4-6-20/h2-10,13-14,28H,11-12,15H2,1H3. The molecule has 0 heterocycles. The number of nitrogens with zero attached hydrogens (tertiary/aromatic N) is 1. The van der Waals surface area contributed by atoms with Crippen molar-refractivity contribution in [2.24, 2.45) is 0 Å². The summed E-state index contributed by atoms with van der Waals surface area (Å²) in [4.78, 5) is 13.8. The Morgan fingerprint density at radius 2 is 1.77 bits per heavy atom. The van der Waals surface area contributed by atoms with E-state index < -0.39 is 12.5 Å². The van der Waals surface area contributed by atoms with E-state index >= 15 is 0 Å². The molecule has 0 saturated carbocycles. The van der Waals surface area contributed by atoms with Crippen LogP contribution in [0.25, 0.3) is 0 Å². The molecule has 0 aliphatic heterocycles. The molecule has 1 amide bonds. The number of rotatable bonds is 8. The molecular formula is C23H21F2NO4. The van der Waals surface area contributed by atoms with E-state index in [4.69, 9.17) is 9.47 Å². The molecule has 0 radical (unpaired) electrons. The van der Waals surface area contributed by atoms with Crippen LogP contribution >= 0.6 is 0 Å². The Balaban J connectivity index is 1.99. The Labute approximate surface area is 173 Å². The number of hydrogen-bond acceptors (Lipinski definition) is 4. The van der Waals surface area contributed by atoms with Crippen LogP contribution in [0.2, 0.25) is 0 Å². The summed E-state index contributed by atoms with van der Waals surface area (Å²) in [6, 6.07) is 17.1. The fourth-order valence-electron chi connectivity index (χ4n) is 2.92. The van der Waals surface area contributed by atoms with E-state index in [0.717, 1.165) is 0 Å². The van der Waals surface area contributed by atoms with Crippen molar-refractivity contribution in [3.8, 4) is 23.0 Å². The molecule has 0 aromatic heterocycles. The summed E-state index contributed by atoms with van der Waals surface area (Å²) >= 11 is 0. The molecule has 5 nitrogen and oxygen atoms in total. The first kappa shape index (κ1) is 21.1. The largest absolute Gasteiger partial charge is 0.508 e. The summed E-state index contributed by atoms with van der Waals surface area (Å²) < 4.78 is 37.9. The Hall–Kier alpha value is -3.61. The van der Waals surface area contributed by atoms with Crippen molar-refractivity contribution in [1.82, 2.24) is 0 Å². The molecule has 0 spiro atoms. The second kappa shape index (κ2) is 9.73. The van der Waals surface area contributed by atoms with Gasteiger partial charge in [-0.15, -0.1) is 0 Å². The number of para-hydroxylation sites is 1. The fourth-order valence-corrected chi connectivity index (χ4v) is 2.92. The molecule has 0 atom stereocenters. The summed E-state index contributed by atoms with van der Waals surface area (Å²) in [5.74, 6) is 0.168. The van der Waals surface area contributed by atoms with Crippen molar-refractivity contribution in [3.63, 3.8) is 0 Å². The number of carbonyl (C=O) groups is 1. The van der Waals surface area contributed by atoms with Crippen molar-refractivity contribution < 1.29 is 28.2 Å². The average Bonchev–Trinajstić information content (AvgIpc) is 2.73. The molecule has 0 aliphatic rings. The molecule has 0 bridgehead atoms. The van der Waals surface area contributed by atoms with Gasteiger partial charge in [-0.05, 0) is 42.5 Å². The zero-order valence-electron chi connectivity index (χ0n) is 16.3. The van der Waals surface area contributed by atoms with Crippen LogP contribution in [0.3, 0.4) is 0 Å². The summed E-state index contributed by atoms with van der Waals surface area (Å²) in [7, 11) is 0. The monoisotopic (exact) mass is 413 g/mol. The molecule has 156 valence electrons. The summed E-state index contributed by atoms with van der Waals surface area (Å²) in [5.41, 5.74) is 0.653. The van der Waals surface area contributed by atoms with E-state index in [1.807, 2.05) is 6.07 Å². The van der Waals surface area contributed by atoms with Gasteiger partial charge in [-0.3, -0.25) is 4.79 Å². The number of aromatic hydroxyl groups is 1. The van der Waals surface area contributed by atoms with Crippen LogP contribution in [0.5, 0.6) is 23.0 Å². The summed E-state index contributed by atoms with van der Waals surface area (Å²) in [5, 5.41) is 9.86.